The van der Waals surface area contributed by atoms with Gasteiger partial charge in [-0.15, -0.1) is 0 Å². The Morgan fingerprint density at radius 2 is 1.81 bits per heavy atom. The number of hydrogen-bond acceptors (Lipinski definition) is 5. The largest absolute Gasteiger partial charge is 0.456 e. The van der Waals surface area contributed by atoms with Crippen LogP contribution in [0.3, 0.4) is 0 Å². The van der Waals surface area contributed by atoms with E-state index >= 15 is 0 Å². The number of carbonyl (C=O) groups is 2. The van der Waals surface area contributed by atoms with Crippen molar-refractivity contribution >= 4 is 27.4 Å². The summed E-state index contributed by atoms with van der Waals surface area (Å²) in [5, 5.41) is 2.47. The maximum absolute atomic E-state index is 12.8. The van der Waals surface area contributed by atoms with Crippen LogP contribution in [0, 0.1) is 5.82 Å². The van der Waals surface area contributed by atoms with E-state index in [1.807, 2.05) is 0 Å². The Morgan fingerprint density at radius 1 is 1.12 bits per heavy atom. The minimum atomic E-state index is -3.38. The molecule has 0 bridgehead atoms. The molecule has 8 heteroatoms. The van der Waals surface area contributed by atoms with Crippen LogP contribution in [0.4, 0.5) is 10.1 Å². The molecule has 0 unspecified atom stereocenters. The molecular formula is C18H18FNO5S. The molecule has 0 aromatic heterocycles. The number of aryl methyl sites for hydroxylation is 1. The van der Waals surface area contributed by atoms with Gasteiger partial charge in [-0.1, -0.05) is 18.2 Å². The average Bonchev–Trinajstić information content (AvgIpc) is 2.59. The summed E-state index contributed by atoms with van der Waals surface area (Å²) < 4.78 is 40.7. The molecule has 0 heterocycles. The van der Waals surface area contributed by atoms with Crippen molar-refractivity contribution in [3.05, 3.63) is 59.9 Å². The molecular weight excluding hydrogens is 361 g/mol. The van der Waals surface area contributed by atoms with Gasteiger partial charge in [0.25, 0.3) is 5.91 Å². The first-order chi connectivity index (χ1) is 12.2. The number of anilines is 1. The van der Waals surface area contributed by atoms with Gasteiger partial charge in [0.05, 0.1) is 4.90 Å². The van der Waals surface area contributed by atoms with Crippen molar-refractivity contribution in [3.8, 4) is 0 Å². The summed E-state index contributed by atoms with van der Waals surface area (Å²) in [7, 11) is -3.38. The summed E-state index contributed by atoms with van der Waals surface area (Å²) in [4.78, 5) is 23.6. The number of sulfone groups is 1. The fraction of sp³-hybridized carbons (Fsp3) is 0.222. The lowest BCUT2D eigenvalue weighted by Gasteiger charge is -2.08. The third-order valence-corrected chi connectivity index (χ3v) is 4.55. The highest BCUT2D eigenvalue weighted by atomic mass is 32.2. The Balaban J connectivity index is 1.79. The van der Waals surface area contributed by atoms with Gasteiger partial charge in [-0.2, -0.15) is 0 Å². The number of hydrogen-bond donors (Lipinski definition) is 1. The second-order valence-corrected chi connectivity index (χ2v) is 7.65. The first-order valence-electron chi connectivity index (χ1n) is 7.74. The van der Waals surface area contributed by atoms with Crippen LogP contribution in [-0.4, -0.2) is 33.2 Å². The van der Waals surface area contributed by atoms with Gasteiger partial charge in [0.1, 0.15) is 5.82 Å². The van der Waals surface area contributed by atoms with E-state index in [0.29, 0.717) is 12.1 Å². The summed E-state index contributed by atoms with van der Waals surface area (Å²) in [5.41, 5.74) is 1.07. The average molecular weight is 379 g/mol. The van der Waals surface area contributed by atoms with Crippen LogP contribution in [0.15, 0.2) is 53.4 Å². The van der Waals surface area contributed by atoms with Gasteiger partial charge >= 0.3 is 5.97 Å². The third kappa shape index (κ3) is 6.29. The number of halogens is 1. The zero-order chi connectivity index (χ0) is 19.2. The van der Waals surface area contributed by atoms with Crippen LogP contribution in [0.25, 0.3) is 0 Å². The monoisotopic (exact) mass is 379 g/mol. The van der Waals surface area contributed by atoms with E-state index in [-0.39, 0.29) is 17.1 Å². The summed E-state index contributed by atoms with van der Waals surface area (Å²) in [6, 6.07) is 11.5. The normalized spacial score (nSPS) is 11.0. The van der Waals surface area contributed by atoms with Crippen LogP contribution < -0.4 is 5.32 Å². The first kappa shape index (κ1) is 19.6. The Labute approximate surface area is 150 Å². The van der Waals surface area contributed by atoms with Gasteiger partial charge in [0, 0.05) is 18.4 Å². The summed E-state index contributed by atoms with van der Waals surface area (Å²) in [6.07, 6.45) is 1.50. The predicted octanol–water partition coefficient (Wildman–Crippen LogP) is 2.34. The van der Waals surface area contributed by atoms with E-state index in [9.17, 15) is 22.4 Å². The topological polar surface area (TPSA) is 89.5 Å². The maximum Gasteiger partial charge on any atom is 0.306 e. The van der Waals surface area contributed by atoms with E-state index in [2.05, 4.69) is 5.32 Å². The Morgan fingerprint density at radius 3 is 2.46 bits per heavy atom. The second-order valence-electron chi connectivity index (χ2n) is 5.64. The van der Waals surface area contributed by atoms with E-state index in [4.69, 9.17) is 4.74 Å². The predicted molar refractivity (Wildman–Crippen MR) is 93.9 cm³/mol. The first-order valence-corrected chi connectivity index (χ1v) is 9.63. The molecule has 0 fully saturated rings. The van der Waals surface area contributed by atoms with Gasteiger partial charge in [-0.3, -0.25) is 9.59 Å². The standard InChI is InChI=1S/C18H18FNO5S/c1-26(23,24)16-4-2-3-15(11-16)20-17(21)12-25-18(22)10-7-13-5-8-14(19)9-6-13/h2-6,8-9,11H,7,10,12H2,1H3,(H,20,21). The molecule has 2 rings (SSSR count). The number of carbonyl (C=O) groups excluding carboxylic acids is 2. The highest BCUT2D eigenvalue weighted by molar-refractivity contribution is 7.90. The van der Waals surface area contributed by atoms with E-state index in [0.717, 1.165) is 11.8 Å². The molecule has 0 saturated heterocycles. The van der Waals surface area contributed by atoms with E-state index < -0.39 is 28.3 Å². The molecule has 0 radical (unpaired) electrons. The minimum Gasteiger partial charge on any atom is -0.456 e. The zero-order valence-electron chi connectivity index (χ0n) is 14.1. The lowest BCUT2D eigenvalue weighted by atomic mass is 10.1. The number of esters is 1. The lowest BCUT2D eigenvalue weighted by Crippen LogP contribution is -2.21. The Hall–Kier alpha value is -2.74. The van der Waals surface area contributed by atoms with Gasteiger partial charge in [0.2, 0.25) is 0 Å². The third-order valence-electron chi connectivity index (χ3n) is 3.44. The number of nitrogens with one attached hydrogen (secondary N) is 1. The fourth-order valence-corrected chi connectivity index (χ4v) is 2.78. The molecule has 1 amide bonds. The molecule has 26 heavy (non-hydrogen) atoms. The van der Waals surface area contributed by atoms with Crippen molar-refractivity contribution in [1.82, 2.24) is 0 Å². The number of rotatable bonds is 7. The molecule has 0 spiro atoms. The van der Waals surface area contributed by atoms with Crippen molar-refractivity contribution in [3.63, 3.8) is 0 Å². The quantitative estimate of drug-likeness (QED) is 0.746. The van der Waals surface area contributed by atoms with Gasteiger partial charge in [0.15, 0.2) is 16.4 Å². The van der Waals surface area contributed by atoms with Crippen LogP contribution >= 0.6 is 0 Å². The molecule has 2 aromatic rings. The SMILES string of the molecule is CS(=O)(=O)c1cccc(NC(=O)COC(=O)CCc2ccc(F)cc2)c1. The second kappa shape index (κ2) is 8.57. The Bertz CT molecular complexity index is 894. The molecule has 0 aliphatic carbocycles. The van der Waals surface area contributed by atoms with Crippen LogP contribution in [0.2, 0.25) is 0 Å². The van der Waals surface area contributed by atoms with Crippen LogP contribution in [0.1, 0.15) is 12.0 Å². The summed E-state index contributed by atoms with van der Waals surface area (Å²) in [5.74, 6) is -1.49. The minimum absolute atomic E-state index is 0.0580. The Kier molecular flexibility index (Phi) is 6.46. The number of amides is 1. The molecule has 0 aliphatic rings. The van der Waals surface area contributed by atoms with Crippen molar-refractivity contribution in [2.45, 2.75) is 17.7 Å². The summed E-state index contributed by atoms with van der Waals surface area (Å²) >= 11 is 0. The number of benzene rings is 2. The molecule has 0 aliphatic heterocycles. The zero-order valence-corrected chi connectivity index (χ0v) is 14.9. The fourth-order valence-electron chi connectivity index (χ4n) is 2.12. The van der Waals surface area contributed by atoms with E-state index in [1.54, 1.807) is 12.1 Å². The molecule has 6 nitrogen and oxygen atoms in total. The van der Waals surface area contributed by atoms with Crippen molar-refractivity contribution in [1.29, 1.82) is 0 Å². The molecule has 0 saturated carbocycles. The van der Waals surface area contributed by atoms with Gasteiger partial charge in [-0.05, 0) is 42.3 Å². The number of ether oxygens (including phenoxy) is 1. The molecule has 1 N–H and O–H groups in total. The van der Waals surface area contributed by atoms with Crippen LogP contribution in [0.5, 0.6) is 0 Å². The molecule has 138 valence electrons. The van der Waals surface area contributed by atoms with Gasteiger partial charge < -0.3 is 10.1 Å². The highest BCUT2D eigenvalue weighted by Gasteiger charge is 2.11. The van der Waals surface area contributed by atoms with Crippen LogP contribution in [-0.2, 0) is 30.6 Å². The van der Waals surface area contributed by atoms with Crippen molar-refractivity contribution < 1.29 is 27.1 Å². The van der Waals surface area contributed by atoms with E-state index in [1.165, 1.54) is 36.4 Å². The summed E-state index contributed by atoms with van der Waals surface area (Å²) in [6.45, 7) is -0.481. The molecule has 0 atom stereocenters. The lowest BCUT2D eigenvalue weighted by molar-refractivity contribution is -0.147. The van der Waals surface area contributed by atoms with Gasteiger partial charge in [-0.25, -0.2) is 12.8 Å². The maximum atomic E-state index is 12.8. The van der Waals surface area contributed by atoms with Crippen molar-refractivity contribution in [2.24, 2.45) is 0 Å². The van der Waals surface area contributed by atoms with Crippen molar-refractivity contribution in [2.75, 3.05) is 18.2 Å². The highest BCUT2D eigenvalue weighted by Crippen LogP contribution is 2.15. The smallest absolute Gasteiger partial charge is 0.306 e. The molecule has 2 aromatic carbocycles.